The zero-order chi connectivity index (χ0) is 32.9. The molecule has 3 atom stereocenters. The number of ketones is 1. The van der Waals surface area contributed by atoms with Gasteiger partial charge in [-0.2, -0.15) is 0 Å². The summed E-state index contributed by atoms with van der Waals surface area (Å²) in [6.07, 6.45) is 1.33. The molecule has 1 heterocycles. The molecule has 1 aliphatic rings. The van der Waals surface area contributed by atoms with Gasteiger partial charge in [0.1, 0.15) is 18.4 Å². The molecule has 0 aromatic heterocycles. The largest absolute Gasteiger partial charge is 0.489 e. The van der Waals surface area contributed by atoms with Crippen molar-refractivity contribution >= 4 is 40.9 Å². The molecule has 3 aromatic carbocycles. The summed E-state index contributed by atoms with van der Waals surface area (Å²) in [4.78, 5) is 55.3. The van der Waals surface area contributed by atoms with Crippen LogP contribution in [0.3, 0.4) is 0 Å². The van der Waals surface area contributed by atoms with E-state index in [1.165, 1.54) is 22.9 Å². The zero-order valence-electron chi connectivity index (χ0n) is 25.2. The number of hydrogen-bond acceptors (Lipinski definition) is 7. The van der Waals surface area contributed by atoms with E-state index in [4.69, 9.17) is 22.1 Å². The van der Waals surface area contributed by atoms with Gasteiger partial charge in [0, 0.05) is 23.7 Å². The highest BCUT2D eigenvalue weighted by atomic mass is 35.5. The first-order valence-electron chi connectivity index (χ1n) is 14.4. The van der Waals surface area contributed by atoms with E-state index < -0.39 is 41.9 Å². The Morgan fingerprint density at radius 2 is 1.67 bits per heavy atom. The number of amides is 2. The normalized spacial score (nSPS) is 17.0. The Morgan fingerprint density at radius 1 is 1.00 bits per heavy atom. The molecule has 11 heteroatoms. The lowest BCUT2D eigenvalue weighted by molar-refractivity contribution is -0.168. The highest BCUT2D eigenvalue weighted by Crippen LogP contribution is 2.33. The summed E-state index contributed by atoms with van der Waals surface area (Å²) in [5.41, 5.74) is 5.02. The van der Waals surface area contributed by atoms with Gasteiger partial charge in [-0.25, -0.2) is 4.79 Å². The quantitative estimate of drug-likeness (QED) is 0.252. The summed E-state index contributed by atoms with van der Waals surface area (Å²) in [5, 5.41) is 21.1. The second-order valence-corrected chi connectivity index (χ2v) is 11.8. The first-order valence-corrected chi connectivity index (χ1v) is 14.8. The monoisotopic (exact) mass is 633 g/mol. The number of hydrogen-bond donors (Lipinski definition) is 3. The molecule has 1 aliphatic heterocycles. The van der Waals surface area contributed by atoms with Crippen LogP contribution in [0.2, 0.25) is 5.02 Å². The molecule has 0 saturated carbocycles. The summed E-state index contributed by atoms with van der Waals surface area (Å²) in [7, 11) is 0. The molecule has 0 aliphatic carbocycles. The van der Waals surface area contributed by atoms with Crippen molar-refractivity contribution in [1.29, 1.82) is 0 Å². The maximum absolute atomic E-state index is 14.1. The fourth-order valence-corrected chi connectivity index (χ4v) is 5.50. The van der Waals surface area contributed by atoms with Gasteiger partial charge in [0.05, 0.1) is 18.2 Å². The molecule has 45 heavy (non-hydrogen) atoms. The molecule has 10 nitrogen and oxygen atoms in total. The van der Waals surface area contributed by atoms with Crippen molar-refractivity contribution in [1.82, 2.24) is 9.80 Å². The number of carbonyl (C=O) groups is 4. The van der Waals surface area contributed by atoms with Gasteiger partial charge in [0.15, 0.2) is 5.78 Å². The van der Waals surface area contributed by atoms with Crippen LogP contribution in [0.4, 0.5) is 0 Å². The Labute approximate surface area is 266 Å². The molecule has 0 bridgehead atoms. The van der Waals surface area contributed by atoms with Gasteiger partial charge in [0.2, 0.25) is 11.6 Å². The van der Waals surface area contributed by atoms with E-state index in [1.54, 1.807) is 80.6 Å². The zero-order valence-corrected chi connectivity index (χ0v) is 26.0. The van der Waals surface area contributed by atoms with Crippen molar-refractivity contribution in [3.8, 4) is 5.75 Å². The topological polar surface area (TPSA) is 150 Å². The molecule has 1 unspecified atom stereocenters. The van der Waals surface area contributed by atoms with Gasteiger partial charge in [0.25, 0.3) is 5.91 Å². The van der Waals surface area contributed by atoms with Crippen LogP contribution in [0.1, 0.15) is 37.5 Å². The minimum Gasteiger partial charge on any atom is -0.489 e. The fraction of sp³-hybridized carbons (Fsp3) is 0.294. The van der Waals surface area contributed by atoms with E-state index in [0.717, 1.165) is 5.56 Å². The summed E-state index contributed by atoms with van der Waals surface area (Å²) in [5.74, 6) is -4.91. The molecule has 0 saturated heterocycles. The number of nitrogens with zero attached hydrogens (tertiary/aromatic N) is 2. The molecule has 2 amide bonds. The number of carbonyl (C=O) groups excluding carboxylic acids is 3. The predicted molar refractivity (Wildman–Crippen MR) is 168 cm³/mol. The SMILES string of the molecule is CC(=O)N1C=C(c2cccc(OCc3cccc(Cl)c3)c2)N(CC(=O)[C@@H](Cc2ccccc2)C(N)(O)C(=O)O)C(=O)[C@H]1C(C)C. The molecule has 4 N–H and O–H groups in total. The van der Waals surface area contributed by atoms with Crippen LogP contribution in [0.5, 0.6) is 5.75 Å². The second kappa shape index (κ2) is 14.1. The number of Topliss-reactive ketones (excluding diaryl/α,β-unsaturated/α-hetero) is 1. The lowest BCUT2D eigenvalue weighted by Gasteiger charge is -2.41. The smallest absolute Gasteiger partial charge is 0.351 e. The maximum Gasteiger partial charge on any atom is 0.351 e. The number of aliphatic carboxylic acids is 1. The molecule has 0 radical (unpaired) electrons. The van der Waals surface area contributed by atoms with Crippen LogP contribution in [-0.4, -0.2) is 61.9 Å². The maximum atomic E-state index is 14.1. The van der Waals surface area contributed by atoms with Crippen molar-refractivity contribution in [3.63, 3.8) is 0 Å². The molecular weight excluding hydrogens is 598 g/mol. The van der Waals surface area contributed by atoms with Gasteiger partial charge in [-0.15, -0.1) is 0 Å². The number of benzene rings is 3. The second-order valence-electron chi connectivity index (χ2n) is 11.3. The van der Waals surface area contributed by atoms with Crippen LogP contribution in [0.15, 0.2) is 85.1 Å². The first-order chi connectivity index (χ1) is 21.3. The van der Waals surface area contributed by atoms with Gasteiger partial charge < -0.3 is 24.7 Å². The molecule has 4 rings (SSSR count). The fourth-order valence-electron chi connectivity index (χ4n) is 5.28. The molecule has 236 valence electrons. The van der Waals surface area contributed by atoms with Gasteiger partial charge >= 0.3 is 5.97 Å². The number of halogens is 1. The minimum absolute atomic E-state index is 0.180. The Hall–Kier alpha value is -4.51. The van der Waals surface area contributed by atoms with Crippen molar-refractivity contribution in [2.24, 2.45) is 17.6 Å². The van der Waals surface area contributed by atoms with Crippen LogP contribution >= 0.6 is 11.6 Å². The van der Waals surface area contributed by atoms with Crippen LogP contribution in [0, 0.1) is 11.8 Å². The highest BCUT2D eigenvalue weighted by molar-refractivity contribution is 6.30. The third-order valence-electron chi connectivity index (χ3n) is 7.65. The average molecular weight is 634 g/mol. The average Bonchev–Trinajstić information content (AvgIpc) is 2.99. The molecule has 0 spiro atoms. The van der Waals surface area contributed by atoms with Crippen molar-refractivity contribution in [3.05, 3.63) is 107 Å². The molecule has 0 fully saturated rings. The summed E-state index contributed by atoms with van der Waals surface area (Å²) in [6.45, 7) is 4.52. The summed E-state index contributed by atoms with van der Waals surface area (Å²) in [6, 6.07) is 21.7. The lowest BCUT2D eigenvalue weighted by Crippen LogP contribution is -2.60. The predicted octanol–water partition coefficient (Wildman–Crippen LogP) is 4.09. The molecular formula is C34H36ClN3O7. The van der Waals surface area contributed by atoms with Crippen molar-refractivity contribution in [2.45, 2.75) is 45.6 Å². The Balaban J connectivity index is 1.73. The Bertz CT molecular complexity index is 1610. The van der Waals surface area contributed by atoms with Gasteiger partial charge in [-0.1, -0.05) is 80.0 Å². The highest BCUT2D eigenvalue weighted by Gasteiger charge is 2.47. The van der Waals surface area contributed by atoms with E-state index in [0.29, 0.717) is 21.9 Å². The van der Waals surface area contributed by atoms with Crippen LogP contribution in [-0.2, 0) is 32.2 Å². The number of ether oxygens (including phenoxy) is 1. The van der Waals surface area contributed by atoms with E-state index in [2.05, 4.69) is 0 Å². The van der Waals surface area contributed by atoms with Gasteiger partial charge in [-0.3, -0.25) is 20.1 Å². The summed E-state index contributed by atoms with van der Waals surface area (Å²) < 4.78 is 5.98. The summed E-state index contributed by atoms with van der Waals surface area (Å²) >= 11 is 6.09. The van der Waals surface area contributed by atoms with E-state index in [1.807, 2.05) is 12.1 Å². The first kappa shape index (κ1) is 33.4. The number of aliphatic hydroxyl groups is 1. The third kappa shape index (κ3) is 7.78. The number of nitrogens with two attached hydrogens (primary N) is 1. The van der Waals surface area contributed by atoms with Crippen molar-refractivity contribution < 1.29 is 34.1 Å². The minimum atomic E-state index is -2.91. The van der Waals surface area contributed by atoms with Crippen LogP contribution < -0.4 is 10.5 Å². The Morgan fingerprint density at radius 3 is 2.29 bits per heavy atom. The lowest BCUT2D eigenvalue weighted by atomic mass is 9.85. The van der Waals surface area contributed by atoms with Crippen LogP contribution in [0.25, 0.3) is 5.70 Å². The molecule has 3 aromatic rings. The number of carboxylic acids is 1. The van der Waals surface area contributed by atoms with Gasteiger partial charge in [-0.05, 0) is 47.7 Å². The van der Waals surface area contributed by atoms with Crippen molar-refractivity contribution in [2.75, 3.05) is 6.54 Å². The van der Waals surface area contributed by atoms with E-state index in [9.17, 15) is 29.4 Å². The number of carboxylic acid groups (broad SMARTS) is 1. The van der Waals surface area contributed by atoms with E-state index >= 15 is 0 Å². The Kier molecular flexibility index (Phi) is 10.4. The third-order valence-corrected chi connectivity index (χ3v) is 7.88. The standard InChI is InChI=1S/C34H36ClN3O7/c1-21(2)31-32(41)38(19-30(40)28(34(36,44)33(42)43)16-23-9-5-4-6-10-23)29(18-37(31)22(3)39)25-12-8-14-27(17-25)45-20-24-11-7-13-26(35)15-24/h4-15,17-18,21,28,31,44H,16,19-20,36H2,1-3H3,(H,42,43)/t28-,31-,34?/m1/s1. The van der Waals surface area contributed by atoms with E-state index in [-0.39, 0.29) is 30.5 Å². The number of rotatable bonds is 12.